The van der Waals surface area contributed by atoms with Crippen molar-refractivity contribution < 1.29 is 9.59 Å². The maximum Gasteiger partial charge on any atom is 0.224 e. The molecule has 0 saturated heterocycles. The van der Waals surface area contributed by atoms with Crippen LogP contribution in [0.4, 0.5) is 0 Å². The lowest BCUT2D eigenvalue weighted by Crippen LogP contribution is -2.48. The van der Waals surface area contributed by atoms with E-state index in [1.165, 1.54) is 0 Å². The molecule has 0 bridgehead atoms. The maximum atomic E-state index is 12.2. The Morgan fingerprint density at radius 1 is 1.25 bits per heavy atom. The zero-order valence-electron chi connectivity index (χ0n) is 13.2. The second-order valence-electron chi connectivity index (χ2n) is 6.94. The van der Waals surface area contributed by atoms with Crippen molar-refractivity contribution in [3.05, 3.63) is 0 Å². The summed E-state index contributed by atoms with van der Waals surface area (Å²) in [6.07, 6.45) is 3.36. The number of amides is 2. The monoisotopic (exact) mass is 283 g/mol. The molecular formula is C15H29N3O2. The van der Waals surface area contributed by atoms with Crippen LogP contribution in [0.2, 0.25) is 0 Å². The fourth-order valence-corrected chi connectivity index (χ4v) is 2.81. The molecule has 0 aromatic carbocycles. The van der Waals surface area contributed by atoms with Gasteiger partial charge < -0.3 is 16.4 Å². The van der Waals surface area contributed by atoms with Gasteiger partial charge in [0.2, 0.25) is 11.8 Å². The third-order valence-electron chi connectivity index (χ3n) is 3.74. The van der Waals surface area contributed by atoms with E-state index in [9.17, 15) is 9.59 Å². The first-order valence-electron chi connectivity index (χ1n) is 7.55. The first kappa shape index (κ1) is 17.0. The van der Waals surface area contributed by atoms with Gasteiger partial charge in [0.1, 0.15) is 0 Å². The second-order valence-corrected chi connectivity index (χ2v) is 6.94. The van der Waals surface area contributed by atoms with Crippen LogP contribution in [0.3, 0.4) is 0 Å². The predicted octanol–water partition coefficient (Wildman–Crippen LogP) is 1.17. The van der Waals surface area contributed by atoms with E-state index in [1.807, 2.05) is 20.8 Å². The van der Waals surface area contributed by atoms with E-state index in [1.54, 1.807) is 0 Å². The lowest BCUT2D eigenvalue weighted by Gasteiger charge is -2.33. The molecule has 3 unspecified atom stereocenters. The molecule has 0 spiro atoms. The van der Waals surface area contributed by atoms with Gasteiger partial charge in [-0.2, -0.15) is 0 Å². The van der Waals surface area contributed by atoms with Gasteiger partial charge in [0.05, 0.1) is 5.92 Å². The van der Waals surface area contributed by atoms with Crippen LogP contribution in [-0.2, 0) is 9.59 Å². The molecule has 116 valence electrons. The third kappa shape index (κ3) is 5.49. The highest BCUT2D eigenvalue weighted by atomic mass is 16.2. The SMILES string of the molecule is CC1CCCC(N)C1C(=O)NCCC(=O)NC(C)(C)C. The van der Waals surface area contributed by atoms with Gasteiger partial charge in [0, 0.05) is 24.5 Å². The summed E-state index contributed by atoms with van der Waals surface area (Å²) in [7, 11) is 0. The van der Waals surface area contributed by atoms with E-state index in [0.29, 0.717) is 18.9 Å². The molecule has 2 amide bonds. The molecule has 1 fully saturated rings. The van der Waals surface area contributed by atoms with Crippen molar-refractivity contribution in [1.82, 2.24) is 10.6 Å². The predicted molar refractivity (Wildman–Crippen MR) is 80.0 cm³/mol. The van der Waals surface area contributed by atoms with E-state index >= 15 is 0 Å². The van der Waals surface area contributed by atoms with E-state index < -0.39 is 0 Å². The summed E-state index contributed by atoms with van der Waals surface area (Å²) in [6, 6.07) is -0.0536. The first-order valence-corrected chi connectivity index (χ1v) is 7.55. The molecule has 1 aliphatic rings. The lowest BCUT2D eigenvalue weighted by molar-refractivity contribution is -0.128. The molecule has 0 aromatic rings. The minimum absolute atomic E-state index is 0.00624. The summed E-state index contributed by atoms with van der Waals surface area (Å²) >= 11 is 0. The Balaban J connectivity index is 2.34. The van der Waals surface area contributed by atoms with E-state index in [4.69, 9.17) is 5.73 Å². The Morgan fingerprint density at radius 2 is 1.90 bits per heavy atom. The molecule has 5 nitrogen and oxygen atoms in total. The minimum Gasteiger partial charge on any atom is -0.355 e. The average Bonchev–Trinajstić information content (AvgIpc) is 2.26. The zero-order chi connectivity index (χ0) is 15.3. The van der Waals surface area contributed by atoms with Gasteiger partial charge in [0.25, 0.3) is 0 Å². The summed E-state index contributed by atoms with van der Waals surface area (Å²) in [5, 5.41) is 5.73. The number of carbonyl (C=O) groups excluding carboxylic acids is 2. The van der Waals surface area contributed by atoms with Crippen molar-refractivity contribution in [2.75, 3.05) is 6.54 Å². The van der Waals surface area contributed by atoms with Crippen molar-refractivity contribution in [2.45, 2.75) is 65.0 Å². The highest BCUT2D eigenvalue weighted by molar-refractivity contribution is 5.81. The topological polar surface area (TPSA) is 84.2 Å². The number of nitrogens with two attached hydrogens (primary N) is 1. The smallest absolute Gasteiger partial charge is 0.224 e. The van der Waals surface area contributed by atoms with Crippen LogP contribution in [0, 0.1) is 11.8 Å². The minimum atomic E-state index is -0.235. The summed E-state index contributed by atoms with van der Waals surface area (Å²) in [5.74, 6) is 0.156. The van der Waals surface area contributed by atoms with Gasteiger partial charge in [-0.25, -0.2) is 0 Å². The van der Waals surface area contributed by atoms with Gasteiger partial charge in [-0.05, 0) is 39.5 Å². The van der Waals surface area contributed by atoms with Crippen LogP contribution in [-0.4, -0.2) is 29.9 Å². The summed E-state index contributed by atoms with van der Waals surface area (Å²) in [6.45, 7) is 8.26. The van der Waals surface area contributed by atoms with Gasteiger partial charge >= 0.3 is 0 Å². The number of nitrogens with one attached hydrogen (secondary N) is 2. The third-order valence-corrected chi connectivity index (χ3v) is 3.74. The van der Waals surface area contributed by atoms with Crippen LogP contribution >= 0.6 is 0 Å². The molecule has 0 aromatic heterocycles. The zero-order valence-corrected chi connectivity index (χ0v) is 13.2. The summed E-state index contributed by atoms with van der Waals surface area (Å²) in [4.78, 5) is 23.8. The largest absolute Gasteiger partial charge is 0.355 e. The summed E-state index contributed by atoms with van der Waals surface area (Å²) < 4.78 is 0. The van der Waals surface area contributed by atoms with Crippen molar-refractivity contribution in [3.63, 3.8) is 0 Å². The van der Waals surface area contributed by atoms with E-state index in [2.05, 4.69) is 17.6 Å². The molecule has 3 atom stereocenters. The van der Waals surface area contributed by atoms with E-state index in [0.717, 1.165) is 19.3 Å². The Morgan fingerprint density at radius 3 is 2.45 bits per heavy atom. The molecule has 0 radical (unpaired) electrons. The van der Waals surface area contributed by atoms with Crippen LogP contribution < -0.4 is 16.4 Å². The molecule has 4 N–H and O–H groups in total. The van der Waals surface area contributed by atoms with Crippen LogP contribution in [0.1, 0.15) is 53.4 Å². The molecule has 5 heteroatoms. The van der Waals surface area contributed by atoms with Gasteiger partial charge in [-0.15, -0.1) is 0 Å². The number of hydrogen-bond donors (Lipinski definition) is 3. The fourth-order valence-electron chi connectivity index (χ4n) is 2.81. The standard InChI is InChI=1S/C15H29N3O2/c1-10-6-5-7-11(16)13(10)14(20)17-9-8-12(19)18-15(2,3)4/h10-11,13H,5-9,16H2,1-4H3,(H,17,20)(H,18,19). The molecule has 1 rings (SSSR count). The molecule has 1 aliphatic carbocycles. The van der Waals surface area contributed by atoms with E-state index in [-0.39, 0.29) is 29.3 Å². The van der Waals surface area contributed by atoms with Crippen molar-refractivity contribution >= 4 is 11.8 Å². The van der Waals surface area contributed by atoms with Gasteiger partial charge in [-0.3, -0.25) is 9.59 Å². The van der Waals surface area contributed by atoms with Gasteiger partial charge in [-0.1, -0.05) is 13.3 Å². The molecule has 0 heterocycles. The fraction of sp³-hybridized carbons (Fsp3) is 0.867. The summed E-state index contributed by atoms with van der Waals surface area (Å²) in [5.41, 5.74) is 5.81. The number of hydrogen-bond acceptors (Lipinski definition) is 3. The number of rotatable bonds is 4. The normalized spacial score (nSPS) is 26.9. The maximum absolute atomic E-state index is 12.2. The highest BCUT2D eigenvalue weighted by Gasteiger charge is 2.33. The van der Waals surface area contributed by atoms with Crippen molar-refractivity contribution in [1.29, 1.82) is 0 Å². The van der Waals surface area contributed by atoms with Crippen molar-refractivity contribution in [3.8, 4) is 0 Å². The Hall–Kier alpha value is -1.10. The molecule has 1 saturated carbocycles. The molecular weight excluding hydrogens is 254 g/mol. The highest BCUT2D eigenvalue weighted by Crippen LogP contribution is 2.28. The Labute approximate surface area is 122 Å². The van der Waals surface area contributed by atoms with Crippen LogP contribution in [0.25, 0.3) is 0 Å². The van der Waals surface area contributed by atoms with Crippen LogP contribution in [0.15, 0.2) is 0 Å². The number of carbonyl (C=O) groups is 2. The first-order chi connectivity index (χ1) is 9.20. The molecule has 20 heavy (non-hydrogen) atoms. The molecule has 0 aliphatic heterocycles. The van der Waals surface area contributed by atoms with Crippen molar-refractivity contribution in [2.24, 2.45) is 17.6 Å². The van der Waals surface area contributed by atoms with Gasteiger partial charge in [0.15, 0.2) is 0 Å². The average molecular weight is 283 g/mol. The second kappa shape index (κ2) is 7.07. The Bertz CT molecular complexity index is 340. The van der Waals surface area contributed by atoms with Crippen LogP contribution in [0.5, 0.6) is 0 Å². The Kier molecular flexibility index (Phi) is 5.99. The lowest BCUT2D eigenvalue weighted by atomic mass is 9.76. The quantitative estimate of drug-likeness (QED) is 0.724.